The molecule has 0 atom stereocenters. The number of aryl methyl sites for hydroxylation is 1. The third-order valence-corrected chi connectivity index (χ3v) is 3.68. The maximum atomic E-state index is 6.06. The number of hydrogen-bond donors (Lipinski definition) is 1. The summed E-state index contributed by atoms with van der Waals surface area (Å²) in [6.45, 7) is 2.23. The first-order valence-electron chi connectivity index (χ1n) is 5.40. The van der Waals surface area contributed by atoms with Crippen molar-refractivity contribution in [2.75, 3.05) is 0 Å². The van der Waals surface area contributed by atoms with Crippen molar-refractivity contribution in [3.63, 3.8) is 0 Å². The summed E-state index contributed by atoms with van der Waals surface area (Å²) in [5, 5.41) is 0.601. The van der Waals surface area contributed by atoms with Gasteiger partial charge in [0.05, 0.1) is 5.69 Å². The molecule has 0 amide bonds. The molecule has 1 aromatic heterocycles. The van der Waals surface area contributed by atoms with Gasteiger partial charge in [0.25, 0.3) is 0 Å². The van der Waals surface area contributed by atoms with Crippen LogP contribution in [0.1, 0.15) is 11.3 Å². The molecule has 0 saturated carbocycles. The normalized spacial score (nSPS) is 10.4. The van der Waals surface area contributed by atoms with Crippen LogP contribution >= 0.6 is 27.5 Å². The third-order valence-electron chi connectivity index (χ3n) is 2.49. The Balaban J connectivity index is 2.34. The van der Waals surface area contributed by atoms with Crippen LogP contribution in [0.15, 0.2) is 34.8 Å². The minimum Gasteiger partial charge on any atom is -0.439 e. The lowest BCUT2D eigenvalue weighted by molar-refractivity contribution is 0.456. The van der Waals surface area contributed by atoms with Gasteiger partial charge in [0, 0.05) is 27.7 Å². The van der Waals surface area contributed by atoms with Crippen molar-refractivity contribution < 1.29 is 4.74 Å². The van der Waals surface area contributed by atoms with Crippen LogP contribution < -0.4 is 10.5 Å². The van der Waals surface area contributed by atoms with E-state index in [0.29, 0.717) is 23.2 Å². The van der Waals surface area contributed by atoms with Crippen molar-refractivity contribution in [1.29, 1.82) is 0 Å². The molecule has 2 rings (SSSR count). The first kappa shape index (κ1) is 13.3. The van der Waals surface area contributed by atoms with E-state index in [2.05, 4.69) is 20.9 Å². The minimum atomic E-state index is 0.324. The monoisotopic (exact) mass is 326 g/mol. The van der Waals surface area contributed by atoms with Gasteiger partial charge >= 0.3 is 0 Å². The van der Waals surface area contributed by atoms with Crippen LogP contribution in [-0.4, -0.2) is 4.98 Å². The van der Waals surface area contributed by atoms with Crippen molar-refractivity contribution in [3.8, 4) is 11.6 Å². The van der Waals surface area contributed by atoms with Crippen molar-refractivity contribution >= 4 is 27.5 Å². The number of aromatic nitrogens is 1. The molecule has 2 aromatic rings. The molecule has 1 heterocycles. The van der Waals surface area contributed by atoms with Crippen molar-refractivity contribution in [2.24, 2.45) is 5.73 Å². The van der Waals surface area contributed by atoms with Gasteiger partial charge in [0.1, 0.15) is 5.75 Å². The Morgan fingerprint density at radius 1 is 1.33 bits per heavy atom. The quantitative estimate of drug-likeness (QED) is 0.925. The van der Waals surface area contributed by atoms with E-state index in [9.17, 15) is 0 Å². The molecule has 3 nitrogen and oxygen atoms in total. The van der Waals surface area contributed by atoms with Crippen molar-refractivity contribution in [1.82, 2.24) is 4.98 Å². The molecule has 0 unspecified atom stereocenters. The SMILES string of the molecule is Cc1nc(Oc2cccc(Cl)c2CN)ccc1Br. The largest absolute Gasteiger partial charge is 0.439 e. The minimum absolute atomic E-state index is 0.324. The summed E-state index contributed by atoms with van der Waals surface area (Å²) in [6.07, 6.45) is 0. The number of rotatable bonds is 3. The van der Waals surface area contributed by atoms with E-state index in [-0.39, 0.29) is 0 Å². The second-order valence-electron chi connectivity index (χ2n) is 3.74. The van der Waals surface area contributed by atoms with Crippen LogP contribution in [0.25, 0.3) is 0 Å². The van der Waals surface area contributed by atoms with Gasteiger partial charge in [0.2, 0.25) is 5.88 Å². The van der Waals surface area contributed by atoms with Gasteiger partial charge in [-0.1, -0.05) is 17.7 Å². The molecule has 0 radical (unpaired) electrons. The topological polar surface area (TPSA) is 48.1 Å². The van der Waals surface area contributed by atoms with Gasteiger partial charge in [-0.25, -0.2) is 4.98 Å². The van der Waals surface area contributed by atoms with Gasteiger partial charge in [-0.05, 0) is 41.1 Å². The second-order valence-corrected chi connectivity index (χ2v) is 5.00. The Kier molecular flexibility index (Phi) is 4.22. The molecule has 0 bridgehead atoms. The Bertz CT molecular complexity index is 575. The fraction of sp³-hybridized carbons (Fsp3) is 0.154. The summed E-state index contributed by atoms with van der Waals surface area (Å²) >= 11 is 9.46. The summed E-state index contributed by atoms with van der Waals surface area (Å²) < 4.78 is 6.67. The van der Waals surface area contributed by atoms with Crippen LogP contribution in [0.4, 0.5) is 0 Å². The Morgan fingerprint density at radius 2 is 2.11 bits per heavy atom. The Labute approximate surface area is 119 Å². The average molecular weight is 328 g/mol. The van der Waals surface area contributed by atoms with Crippen LogP contribution in [0.5, 0.6) is 11.6 Å². The van der Waals surface area contributed by atoms with E-state index < -0.39 is 0 Å². The summed E-state index contributed by atoms with van der Waals surface area (Å²) in [4.78, 5) is 4.32. The highest BCUT2D eigenvalue weighted by atomic mass is 79.9. The molecule has 94 valence electrons. The second kappa shape index (κ2) is 5.69. The zero-order chi connectivity index (χ0) is 13.1. The van der Waals surface area contributed by atoms with E-state index >= 15 is 0 Å². The van der Waals surface area contributed by atoms with E-state index in [4.69, 9.17) is 22.1 Å². The predicted octanol–water partition coefficient (Wildman–Crippen LogP) is 4.06. The fourth-order valence-electron chi connectivity index (χ4n) is 1.52. The molecule has 18 heavy (non-hydrogen) atoms. The smallest absolute Gasteiger partial charge is 0.219 e. The molecular weight excluding hydrogens is 316 g/mol. The number of pyridine rings is 1. The number of nitrogens with two attached hydrogens (primary N) is 1. The lowest BCUT2D eigenvalue weighted by Gasteiger charge is -2.11. The van der Waals surface area contributed by atoms with Crippen LogP contribution in [0, 0.1) is 6.92 Å². The first-order valence-corrected chi connectivity index (χ1v) is 6.57. The van der Waals surface area contributed by atoms with Gasteiger partial charge in [-0.15, -0.1) is 0 Å². The van der Waals surface area contributed by atoms with E-state index in [1.807, 2.05) is 25.1 Å². The predicted molar refractivity (Wildman–Crippen MR) is 76.1 cm³/mol. The summed E-state index contributed by atoms with van der Waals surface area (Å²) in [7, 11) is 0. The van der Waals surface area contributed by atoms with Crippen LogP contribution in [-0.2, 0) is 6.54 Å². The van der Waals surface area contributed by atoms with Gasteiger partial charge in [0.15, 0.2) is 0 Å². The summed E-state index contributed by atoms with van der Waals surface area (Å²) in [5.41, 5.74) is 7.31. The average Bonchev–Trinajstić information content (AvgIpc) is 2.34. The maximum Gasteiger partial charge on any atom is 0.219 e. The van der Waals surface area contributed by atoms with E-state index in [1.165, 1.54) is 0 Å². The maximum absolute atomic E-state index is 6.06. The lowest BCUT2D eigenvalue weighted by Crippen LogP contribution is -2.01. The molecule has 0 aliphatic carbocycles. The lowest BCUT2D eigenvalue weighted by atomic mass is 10.2. The Hall–Kier alpha value is -1.10. The standard InChI is InChI=1S/C13H12BrClN2O/c1-8-10(14)5-6-13(17-8)18-12-4-2-3-11(15)9(12)7-16/h2-6H,7,16H2,1H3. The van der Waals surface area contributed by atoms with Gasteiger partial charge < -0.3 is 10.5 Å². The third kappa shape index (κ3) is 2.83. The number of nitrogens with zero attached hydrogens (tertiary/aromatic N) is 1. The van der Waals surface area contributed by atoms with Crippen LogP contribution in [0.3, 0.4) is 0 Å². The number of ether oxygens (including phenoxy) is 1. The molecule has 5 heteroatoms. The molecule has 0 saturated heterocycles. The highest BCUT2D eigenvalue weighted by molar-refractivity contribution is 9.10. The molecule has 0 aliphatic heterocycles. The first-order chi connectivity index (χ1) is 8.61. The summed E-state index contributed by atoms with van der Waals surface area (Å²) in [6, 6.07) is 9.12. The molecule has 1 aromatic carbocycles. The zero-order valence-electron chi connectivity index (χ0n) is 9.78. The van der Waals surface area contributed by atoms with Crippen LogP contribution in [0.2, 0.25) is 5.02 Å². The molecule has 2 N–H and O–H groups in total. The number of benzene rings is 1. The fourth-order valence-corrected chi connectivity index (χ4v) is 1.99. The highest BCUT2D eigenvalue weighted by Crippen LogP contribution is 2.30. The van der Waals surface area contributed by atoms with Gasteiger partial charge in [-0.2, -0.15) is 0 Å². The number of hydrogen-bond acceptors (Lipinski definition) is 3. The Morgan fingerprint density at radius 3 is 2.78 bits per heavy atom. The summed E-state index contributed by atoms with van der Waals surface area (Å²) in [5.74, 6) is 1.16. The molecule has 0 aliphatic rings. The molecule has 0 fully saturated rings. The number of halogens is 2. The van der Waals surface area contributed by atoms with Gasteiger partial charge in [-0.3, -0.25) is 0 Å². The van der Waals surface area contributed by atoms with Crippen molar-refractivity contribution in [2.45, 2.75) is 13.5 Å². The highest BCUT2D eigenvalue weighted by Gasteiger charge is 2.08. The van der Waals surface area contributed by atoms with Crippen molar-refractivity contribution in [3.05, 3.63) is 51.1 Å². The van der Waals surface area contributed by atoms with E-state index in [0.717, 1.165) is 15.7 Å². The zero-order valence-corrected chi connectivity index (χ0v) is 12.1. The molecule has 0 spiro atoms. The molecular formula is C13H12BrClN2O. The van der Waals surface area contributed by atoms with E-state index in [1.54, 1.807) is 12.1 Å².